The van der Waals surface area contributed by atoms with Crippen LogP contribution in [0.2, 0.25) is 0 Å². The fourth-order valence-electron chi connectivity index (χ4n) is 5.14. The molecule has 0 bridgehead atoms. The molecule has 1 aliphatic heterocycles. The van der Waals surface area contributed by atoms with Crippen LogP contribution in [0.3, 0.4) is 0 Å². The second-order valence-electron chi connectivity index (χ2n) is 7.88. The summed E-state index contributed by atoms with van der Waals surface area (Å²) in [5.74, 6) is -0.181. The maximum absolute atomic E-state index is 14.0. The number of allylic oxidation sites excluding steroid dienone is 1. The minimum absolute atomic E-state index is 0.173. The summed E-state index contributed by atoms with van der Waals surface area (Å²) in [5.41, 5.74) is 0.839. The van der Waals surface area contributed by atoms with Crippen LogP contribution in [0.5, 0.6) is 0 Å². The van der Waals surface area contributed by atoms with Gasteiger partial charge in [-0.2, -0.15) is 0 Å². The standard InChI is InChI=1S/C21H25FO3/c1-14-17-8-7-16(13-15-5-3-4-6-18(15)22)19(23)20(17,2)9-10-21(14)24-11-12-25-21/h3-6,13-14,17H,7-12H2,1-2H3/b16-13+/t14-,17-,20+/m0/s1. The molecule has 4 rings (SSSR count). The molecule has 134 valence electrons. The number of benzene rings is 1. The molecular formula is C21H25FO3. The monoisotopic (exact) mass is 344 g/mol. The fraction of sp³-hybridized carbons (Fsp3) is 0.571. The molecule has 1 aromatic rings. The maximum atomic E-state index is 14.0. The molecule has 25 heavy (non-hydrogen) atoms. The van der Waals surface area contributed by atoms with E-state index in [4.69, 9.17) is 9.47 Å². The molecular weight excluding hydrogens is 319 g/mol. The predicted octanol–water partition coefficient (Wildman–Crippen LogP) is 4.37. The Morgan fingerprint density at radius 2 is 1.92 bits per heavy atom. The van der Waals surface area contributed by atoms with Gasteiger partial charge in [-0.1, -0.05) is 32.0 Å². The van der Waals surface area contributed by atoms with Crippen molar-refractivity contribution in [2.24, 2.45) is 17.3 Å². The van der Waals surface area contributed by atoms with E-state index in [1.54, 1.807) is 24.3 Å². The first kappa shape index (κ1) is 16.9. The van der Waals surface area contributed by atoms with Crippen molar-refractivity contribution in [1.29, 1.82) is 0 Å². The molecule has 0 amide bonds. The lowest BCUT2D eigenvalue weighted by molar-refractivity contribution is -0.241. The number of Topliss-reactive ketones (excluding diaryl/α,β-unsaturated/α-hetero) is 1. The molecule has 0 unspecified atom stereocenters. The van der Waals surface area contributed by atoms with Gasteiger partial charge < -0.3 is 9.47 Å². The molecule has 0 aromatic heterocycles. The van der Waals surface area contributed by atoms with Gasteiger partial charge in [-0.15, -0.1) is 0 Å². The van der Waals surface area contributed by atoms with E-state index in [-0.39, 0.29) is 23.4 Å². The number of carbonyl (C=O) groups is 1. The van der Waals surface area contributed by atoms with E-state index in [0.717, 1.165) is 24.8 Å². The Hall–Kier alpha value is -1.52. The van der Waals surface area contributed by atoms with Crippen molar-refractivity contribution < 1.29 is 18.7 Å². The molecule has 3 fully saturated rings. The lowest BCUT2D eigenvalue weighted by atomic mass is 9.54. The van der Waals surface area contributed by atoms with Crippen LogP contribution >= 0.6 is 0 Å². The van der Waals surface area contributed by atoms with Crippen LogP contribution < -0.4 is 0 Å². The summed E-state index contributed by atoms with van der Waals surface area (Å²) in [6.07, 6.45) is 4.86. The molecule has 3 nitrogen and oxygen atoms in total. The third-order valence-corrected chi connectivity index (χ3v) is 6.65. The highest BCUT2D eigenvalue weighted by atomic mass is 19.1. The fourth-order valence-corrected chi connectivity index (χ4v) is 5.14. The number of ether oxygens (including phenoxy) is 2. The Morgan fingerprint density at radius 1 is 1.20 bits per heavy atom. The van der Waals surface area contributed by atoms with Crippen molar-refractivity contribution in [3.63, 3.8) is 0 Å². The number of ketones is 1. The first-order chi connectivity index (χ1) is 12.0. The van der Waals surface area contributed by atoms with Gasteiger partial charge in [0.2, 0.25) is 0 Å². The van der Waals surface area contributed by atoms with E-state index in [1.165, 1.54) is 6.07 Å². The average Bonchev–Trinajstić information content (AvgIpc) is 3.08. The number of halogens is 1. The zero-order chi connectivity index (χ0) is 17.7. The lowest BCUT2D eigenvalue weighted by Crippen LogP contribution is -2.56. The first-order valence-corrected chi connectivity index (χ1v) is 9.24. The Morgan fingerprint density at radius 3 is 2.64 bits per heavy atom. The topological polar surface area (TPSA) is 35.5 Å². The van der Waals surface area contributed by atoms with Gasteiger partial charge in [0.1, 0.15) is 5.82 Å². The van der Waals surface area contributed by atoms with Gasteiger partial charge in [-0.25, -0.2) is 4.39 Å². The average molecular weight is 344 g/mol. The highest BCUT2D eigenvalue weighted by Gasteiger charge is 2.59. The molecule has 2 saturated carbocycles. The van der Waals surface area contributed by atoms with Crippen molar-refractivity contribution in [2.75, 3.05) is 13.2 Å². The van der Waals surface area contributed by atoms with E-state index in [0.29, 0.717) is 25.2 Å². The van der Waals surface area contributed by atoms with Crippen molar-refractivity contribution in [2.45, 2.75) is 45.3 Å². The Kier molecular flexibility index (Phi) is 4.08. The molecule has 1 aromatic carbocycles. The molecule has 0 radical (unpaired) electrons. The summed E-state index contributed by atoms with van der Waals surface area (Å²) in [7, 11) is 0. The maximum Gasteiger partial charge on any atom is 0.171 e. The van der Waals surface area contributed by atoms with E-state index in [9.17, 15) is 9.18 Å². The highest BCUT2D eigenvalue weighted by molar-refractivity contribution is 6.04. The SMILES string of the molecule is C[C@H]1[C@@H]2CC/C(=C\c3ccccc3F)C(=O)[C@]2(C)CCC12OCCO2. The summed E-state index contributed by atoms with van der Waals surface area (Å²) in [6.45, 7) is 5.51. The Bertz CT molecular complexity index is 720. The second-order valence-corrected chi connectivity index (χ2v) is 7.88. The zero-order valence-corrected chi connectivity index (χ0v) is 14.9. The van der Waals surface area contributed by atoms with Gasteiger partial charge in [0.15, 0.2) is 11.6 Å². The third kappa shape index (κ3) is 2.58. The molecule has 4 heteroatoms. The number of hydrogen-bond acceptors (Lipinski definition) is 3. The zero-order valence-electron chi connectivity index (χ0n) is 14.9. The number of carbonyl (C=O) groups excluding carboxylic acids is 1. The van der Waals surface area contributed by atoms with Crippen molar-refractivity contribution in [3.05, 3.63) is 41.2 Å². The quantitative estimate of drug-likeness (QED) is 0.710. The molecule has 2 aliphatic carbocycles. The van der Waals surface area contributed by atoms with Crippen LogP contribution in [0.25, 0.3) is 6.08 Å². The smallest absolute Gasteiger partial charge is 0.171 e. The van der Waals surface area contributed by atoms with Crippen LogP contribution in [0, 0.1) is 23.1 Å². The van der Waals surface area contributed by atoms with Gasteiger partial charge in [-0.05, 0) is 42.9 Å². The normalized spacial score (nSPS) is 36.0. The molecule has 0 N–H and O–H groups in total. The van der Waals surface area contributed by atoms with Gasteiger partial charge in [0.05, 0.1) is 13.2 Å². The second kappa shape index (κ2) is 6.03. The van der Waals surface area contributed by atoms with Crippen molar-refractivity contribution >= 4 is 11.9 Å². The molecule has 3 atom stereocenters. The Balaban J connectivity index is 1.63. The van der Waals surface area contributed by atoms with E-state index >= 15 is 0 Å². The Labute approximate surface area is 148 Å². The predicted molar refractivity (Wildman–Crippen MR) is 93.2 cm³/mol. The van der Waals surface area contributed by atoms with Gasteiger partial charge in [0.25, 0.3) is 0 Å². The highest BCUT2D eigenvalue weighted by Crippen LogP contribution is 2.57. The van der Waals surface area contributed by atoms with Crippen LogP contribution in [-0.2, 0) is 14.3 Å². The van der Waals surface area contributed by atoms with Gasteiger partial charge >= 0.3 is 0 Å². The minimum atomic E-state index is -0.503. The summed E-state index contributed by atoms with van der Waals surface area (Å²) < 4.78 is 25.9. The van der Waals surface area contributed by atoms with Crippen molar-refractivity contribution in [3.8, 4) is 0 Å². The summed E-state index contributed by atoms with van der Waals surface area (Å²) in [6, 6.07) is 6.63. The van der Waals surface area contributed by atoms with Crippen molar-refractivity contribution in [1.82, 2.24) is 0 Å². The van der Waals surface area contributed by atoms with E-state index in [1.807, 2.05) is 0 Å². The molecule has 1 saturated heterocycles. The van der Waals surface area contributed by atoms with Crippen LogP contribution in [0.1, 0.15) is 45.1 Å². The van der Waals surface area contributed by atoms with E-state index < -0.39 is 11.2 Å². The van der Waals surface area contributed by atoms with Gasteiger partial charge in [0, 0.05) is 23.3 Å². The summed E-state index contributed by atoms with van der Waals surface area (Å²) >= 11 is 0. The molecule has 3 aliphatic rings. The summed E-state index contributed by atoms with van der Waals surface area (Å²) in [5, 5.41) is 0. The number of fused-ring (bicyclic) bond motifs is 1. The third-order valence-electron chi connectivity index (χ3n) is 6.65. The lowest BCUT2D eigenvalue weighted by Gasteiger charge is -2.53. The molecule has 1 heterocycles. The van der Waals surface area contributed by atoms with Crippen LogP contribution in [0.15, 0.2) is 29.8 Å². The first-order valence-electron chi connectivity index (χ1n) is 9.24. The summed E-state index contributed by atoms with van der Waals surface area (Å²) in [4.78, 5) is 13.3. The van der Waals surface area contributed by atoms with Gasteiger partial charge in [-0.3, -0.25) is 4.79 Å². The number of hydrogen-bond donors (Lipinski definition) is 0. The molecule has 1 spiro atoms. The largest absolute Gasteiger partial charge is 0.347 e. The van der Waals surface area contributed by atoms with Crippen LogP contribution in [-0.4, -0.2) is 24.8 Å². The number of rotatable bonds is 1. The van der Waals surface area contributed by atoms with E-state index in [2.05, 4.69) is 13.8 Å². The van der Waals surface area contributed by atoms with Crippen LogP contribution in [0.4, 0.5) is 4.39 Å². The minimum Gasteiger partial charge on any atom is -0.347 e.